The van der Waals surface area contributed by atoms with Crippen LogP contribution in [0.25, 0.3) is 22.3 Å². The quantitative estimate of drug-likeness (QED) is 0.566. The van der Waals surface area contributed by atoms with Gasteiger partial charge in [0.25, 0.3) is 5.91 Å². The lowest BCUT2D eigenvalue weighted by atomic mass is 10.1. The largest absolute Gasteiger partial charge is 0.339 e. The zero-order valence-electron chi connectivity index (χ0n) is 15.7. The van der Waals surface area contributed by atoms with E-state index in [1.165, 1.54) is 16.5 Å². The number of rotatable bonds is 5. The van der Waals surface area contributed by atoms with Gasteiger partial charge in [0.15, 0.2) is 11.5 Å². The van der Waals surface area contributed by atoms with Crippen molar-refractivity contribution in [1.82, 2.24) is 24.5 Å². The third-order valence-corrected chi connectivity index (χ3v) is 4.81. The summed E-state index contributed by atoms with van der Waals surface area (Å²) in [5, 5.41) is 15.6. The van der Waals surface area contributed by atoms with Crippen molar-refractivity contribution >= 4 is 22.6 Å². The number of nitrogens with one attached hydrogen (secondary N) is 2. The van der Waals surface area contributed by atoms with Crippen LogP contribution in [0.15, 0.2) is 42.6 Å². The van der Waals surface area contributed by atoms with E-state index in [4.69, 9.17) is 0 Å². The molecule has 3 heterocycles. The van der Waals surface area contributed by atoms with Crippen molar-refractivity contribution in [2.24, 2.45) is 0 Å². The summed E-state index contributed by atoms with van der Waals surface area (Å²) in [6, 6.07) is 11.9. The number of amides is 1. The Morgan fingerprint density at radius 3 is 2.74 bits per heavy atom. The van der Waals surface area contributed by atoms with Crippen LogP contribution in [0, 0.1) is 6.92 Å². The normalized spacial score (nSPS) is 11.2. The molecule has 0 radical (unpaired) electrons. The first-order chi connectivity index (χ1) is 13.1. The number of hydrogen-bond donors (Lipinski definition) is 2. The van der Waals surface area contributed by atoms with Gasteiger partial charge in [-0.05, 0) is 38.5 Å². The van der Waals surface area contributed by atoms with Crippen molar-refractivity contribution in [2.75, 3.05) is 5.32 Å². The van der Waals surface area contributed by atoms with Crippen molar-refractivity contribution in [3.8, 4) is 11.4 Å². The number of fused-ring (bicyclic) bond motifs is 1. The molecule has 0 aliphatic carbocycles. The summed E-state index contributed by atoms with van der Waals surface area (Å²) in [5.41, 5.74) is 4.72. The van der Waals surface area contributed by atoms with Crippen molar-refractivity contribution in [3.05, 3.63) is 53.9 Å². The van der Waals surface area contributed by atoms with E-state index in [1.807, 2.05) is 25.1 Å². The van der Waals surface area contributed by atoms with E-state index in [2.05, 4.69) is 51.2 Å². The highest BCUT2D eigenvalue weighted by Gasteiger charge is 2.18. The SMILES string of the molecule is CCn1ccc(C(=O)Nc2cc(-c3c(C)c4ccccc4n3CC)[nH]n2)n1. The number of para-hydroxylation sites is 1. The molecule has 7 heteroatoms. The average molecular weight is 362 g/mol. The van der Waals surface area contributed by atoms with Crippen LogP contribution >= 0.6 is 0 Å². The molecule has 2 N–H and O–H groups in total. The van der Waals surface area contributed by atoms with E-state index in [0.29, 0.717) is 11.5 Å². The van der Waals surface area contributed by atoms with E-state index >= 15 is 0 Å². The van der Waals surface area contributed by atoms with Crippen LogP contribution in [0.4, 0.5) is 5.82 Å². The topological polar surface area (TPSA) is 80.5 Å². The number of hydrogen-bond acceptors (Lipinski definition) is 3. The van der Waals surface area contributed by atoms with E-state index < -0.39 is 0 Å². The van der Waals surface area contributed by atoms with Gasteiger partial charge in [-0.3, -0.25) is 14.6 Å². The number of aryl methyl sites for hydroxylation is 3. The van der Waals surface area contributed by atoms with Crippen LogP contribution in [0.1, 0.15) is 29.9 Å². The molecule has 27 heavy (non-hydrogen) atoms. The molecule has 4 aromatic rings. The van der Waals surface area contributed by atoms with Crippen molar-refractivity contribution in [1.29, 1.82) is 0 Å². The lowest BCUT2D eigenvalue weighted by molar-refractivity contribution is 0.102. The van der Waals surface area contributed by atoms with Crippen molar-refractivity contribution < 1.29 is 4.79 Å². The van der Waals surface area contributed by atoms with Crippen LogP contribution in [0.5, 0.6) is 0 Å². The van der Waals surface area contributed by atoms with E-state index in [0.717, 1.165) is 24.5 Å². The molecule has 0 saturated heterocycles. The van der Waals surface area contributed by atoms with Gasteiger partial charge in [0.2, 0.25) is 0 Å². The molecule has 0 aliphatic rings. The molecule has 3 aromatic heterocycles. The second kappa shape index (κ2) is 6.75. The summed E-state index contributed by atoms with van der Waals surface area (Å²) in [4.78, 5) is 12.4. The van der Waals surface area contributed by atoms with Gasteiger partial charge >= 0.3 is 0 Å². The third-order valence-electron chi connectivity index (χ3n) is 4.81. The predicted octanol–water partition coefficient (Wildman–Crippen LogP) is 3.83. The lowest BCUT2D eigenvalue weighted by Gasteiger charge is -2.06. The molecule has 0 fully saturated rings. The number of H-pyrrole nitrogens is 1. The standard InChI is InChI=1S/C20H22N6O/c1-4-25-11-10-15(24-25)20(27)21-18-12-16(22-23-18)19-13(3)14-8-6-7-9-17(14)26(19)5-2/h6-12H,4-5H2,1-3H3,(H2,21,22,23,27). The second-order valence-electron chi connectivity index (χ2n) is 6.41. The van der Waals surface area contributed by atoms with Gasteiger partial charge in [-0.15, -0.1) is 0 Å². The van der Waals surface area contributed by atoms with E-state index in [-0.39, 0.29) is 5.91 Å². The van der Waals surface area contributed by atoms with Gasteiger partial charge in [0.05, 0.1) is 11.4 Å². The van der Waals surface area contributed by atoms with Crippen LogP contribution in [-0.4, -0.2) is 30.5 Å². The molecule has 0 aliphatic heterocycles. The number of nitrogens with zero attached hydrogens (tertiary/aromatic N) is 4. The summed E-state index contributed by atoms with van der Waals surface area (Å²) in [7, 11) is 0. The molecular weight excluding hydrogens is 340 g/mol. The maximum absolute atomic E-state index is 12.4. The minimum atomic E-state index is -0.270. The number of aromatic amines is 1. The van der Waals surface area contributed by atoms with Crippen LogP contribution in [0.3, 0.4) is 0 Å². The Kier molecular flexibility index (Phi) is 4.27. The molecule has 1 amide bonds. The van der Waals surface area contributed by atoms with Crippen molar-refractivity contribution in [3.63, 3.8) is 0 Å². The second-order valence-corrected chi connectivity index (χ2v) is 6.41. The Morgan fingerprint density at radius 1 is 1.19 bits per heavy atom. The van der Waals surface area contributed by atoms with E-state index in [9.17, 15) is 4.79 Å². The summed E-state index contributed by atoms with van der Waals surface area (Å²) in [6.45, 7) is 7.78. The average Bonchev–Trinajstić information content (AvgIpc) is 3.40. The molecule has 7 nitrogen and oxygen atoms in total. The van der Waals surface area contributed by atoms with E-state index in [1.54, 1.807) is 16.9 Å². The fraction of sp³-hybridized carbons (Fsp3) is 0.250. The zero-order valence-corrected chi connectivity index (χ0v) is 15.7. The Bertz CT molecular complexity index is 1120. The zero-order chi connectivity index (χ0) is 19.0. The number of carbonyl (C=O) groups is 1. The highest BCUT2D eigenvalue weighted by molar-refractivity contribution is 6.02. The summed E-state index contributed by atoms with van der Waals surface area (Å²) in [6.07, 6.45) is 1.79. The fourth-order valence-corrected chi connectivity index (χ4v) is 3.50. The van der Waals surface area contributed by atoms with Gasteiger partial charge in [0, 0.05) is 36.3 Å². The number of carbonyl (C=O) groups excluding carboxylic acids is 1. The molecule has 0 saturated carbocycles. The Hall–Kier alpha value is -3.35. The maximum atomic E-state index is 12.4. The first-order valence-corrected chi connectivity index (χ1v) is 9.10. The van der Waals surface area contributed by atoms with Crippen molar-refractivity contribution in [2.45, 2.75) is 33.9 Å². The molecule has 1 aromatic carbocycles. The molecule has 0 spiro atoms. The van der Waals surface area contributed by atoms with Gasteiger partial charge < -0.3 is 9.88 Å². The van der Waals surface area contributed by atoms with Gasteiger partial charge in [-0.1, -0.05) is 18.2 Å². The molecule has 0 bridgehead atoms. The predicted molar refractivity (Wildman–Crippen MR) is 106 cm³/mol. The number of anilines is 1. The minimum Gasteiger partial charge on any atom is -0.339 e. The van der Waals surface area contributed by atoms with Gasteiger partial charge in [-0.25, -0.2) is 0 Å². The smallest absolute Gasteiger partial charge is 0.277 e. The Balaban J connectivity index is 1.66. The lowest BCUT2D eigenvalue weighted by Crippen LogP contribution is -2.13. The highest BCUT2D eigenvalue weighted by Crippen LogP contribution is 2.33. The molecule has 138 valence electrons. The monoisotopic (exact) mass is 362 g/mol. The molecule has 4 rings (SSSR count). The Morgan fingerprint density at radius 2 is 2.00 bits per heavy atom. The summed E-state index contributed by atoms with van der Waals surface area (Å²) < 4.78 is 3.97. The number of benzene rings is 1. The summed E-state index contributed by atoms with van der Waals surface area (Å²) >= 11 is 0. The maximum Gasteiger partial charge on any atom is 0.277 e. The van der Waals surface area contributed by atoms with Crippen LogP contribution in [-0.2, 0) is 13.1 Å². The van der Waals surface area contributed by atoms with Gasteiger partial charge in [0.1, 0.15) is 0 Å². The third kappa shape index (κ3) is 2.91. The van der Waals surface area contributed by atoms with Crippen LogP contribution < -0.4 is 5.32 Å². The summed E-state index contributed by atoms with van der Waals surface area (Å²) in [5.74, 6) is 0.210. The number of aromatic nitrogens is 5. The first kappa shape index (κ1) is 17.1. The Labute approximate surface area is 157 Å². The van der Waals surface area contributed by atoms with Crippen LogP contribution in [0.2, 0.25) is 0 Å². The molecule has 0 unspecified atom stereocenters. The molecule has 0 atom stereocenters. The minimum absolute atomic E-state index is 0.270. The fourth-order valence-electron chi connectivity index (χ4n) is 3.50. The first-order valence-electron chi connectivity index (χ1n) is 9.10. The van der Waals surface area contributed by atoms with Gasteiger partial charge in [-0.2, -0.15) is 10.2 Å². The highest BCUT2D eigenvalue weighted by atomic mass is 16.2. The molecular formula is C20H22N6O.